The molecule has 0 radical (unpaired) electrons. The van der Waals surface area contributed by atoms with Gasteiger partial charge in [0.1, 0.15) is 23.0 Å². The van der Waals surface area contributed by atoms with Crippen LogP contribution in [0.4, 0.5) is 0 Å². The maximum atomic E-state index is 11.1. The highest BCUT2D eigenvalue weighted by Gasteiger charge is 2.19. The van der Waals surface area contributed by atoms with E-state index in [9.17, 15) is 20.4 Å². The Labute approximate surface area is 238 Å². The van der Waals surface area contributed by atoms with Gasteiger partial charge in [0, 0.05) is 24.0 Å². The largest absolute Gasteiger partial charge is 0.507 e. The lowest BCUT2D eigenvalue weighted by atomic mass is 9.85. The van der Waals surface area contributed by atoms with E-state index in [0.717, 1.165) is 83.5 Å². The minimum atomic E-state index is 0.316. The van der Waals surface area contributed by atoms with Crippen molar-refractivity contribution in [3.05, 3.63) is 114 Å². The Kier molecular flexibility index (Phi) is 7.94. The highest BCUT2D eigenvalue weighted by atomic mass is 16.3. The number of hydrogen-bond donors (Lipinski definition) is 4. The second kappa shape index (κ2) is 10.9. The maximum Gasteiger partial charge on any atom is 0.122 e. The molecule has 0 fully saturated rings. The second-order valence-corrected chi connectivity index (χ2v) is 11.7. The molecule has 40 heavy (non-hydrogen) atoms. The van der Waals surface area contributed by atoms with E-state index < -0.39 is 0 Å². The van der Waals surface area contributed by atoms with Gasteiger partial charge in [0.05, 0.1) is 0 Å². The number of phenolic OH excluding ortho intramolecular Hbond substituents is 4. The summed E-state index contributed by atoms with van der Waals surface area (Å²) in [5, 5.41) is 42.8. The van der Waals surface area contributed by atoms with E-state index in [-0.39, 0.29) is 0 Å². The first-order valence-corrected chi connectivity index (χ1v) is 13.9. The molecule has 0 spiro atoms. The predicted molar refractivity (Wildman–Crippen MR) is 163 cm³/mol. The number of aromatic hydroxyl groups is 4. The molecule has 4 heteroatoms. The lowest BCUT2D eigenvalue weighted by molar-refractivity contribution is 0.463. The lowest BCUT2D eigenvalue weighted by Gasteiger charge is -2.21. The van der Waals surface area contributed by atoms with Gasteiger partial charge in [-0.25, -0.2) is 0 Å². The van der Waals surface area contributed by atoms with E-state index >= 15 is 0 Å². The fourth-order valence-electron chi connectivity index (χ4n) is 5.98. The average Bonchev–Trinajstić information content (AvgIpc) is 2.90. The van der Waals surface area contributed by atoms with E-state index in [1.165, 1.54) is 0 Å². The summed E-state index contributed by atoms with van der Waals surface area (Å²) < 4.78 is 0. The zero-order valence-electron chi connectivity index (χ0n) is 25.3. The first-order chi connectivity index (χ1) is 18.7. The summed E-state index contributed by atoms with van der Waals surface area (Å²) in [6.07, 6.45) is 1.84. The van der Waals surface area contributed by atoms with E-state index in [4.69, 9.17) is 0 Å². The number of rotatable bonds is 6. The summed E-state index contributed by atoms with van der Waals surface area (Å²) in [7, 11) is 0. The third-order valence-electron chi connectivity index (χ3n) is 8.81. The fraction of sp³-hybridized carbons (Fsp3) is 0.333. The van der Waals surface area contributed by atoms with E-state index in [1.807, 2.05) is 66.7 Å². The van der Waals surface area contributed by atoms with Gasteiger partial charge >= 0.3 is 0 Å². The summed E-state index contributed by atoms with van der Waals surface area (Å²) in [5.41, 5.74) is 14.4. The lowest BCUT2D eigenvalue weighted by Crippen LogP contribution is -2.05. The Bertz CT molecular complexity index is 1620. The van der Waals surface area contributed by atoms with Gasteiger partial charge in [-0.1, -0.05) is 30.3 Å². The van der Waals surface area contributed by atoms with Gasteiger partial charge in [-0.2, -0.15) is 0 Å². The van der Waals surface area contributed by atoms with Crippen LogP contribution >= 0.6 is 0 Å². The zero-order valence-corrected chi connectivity index (χ0v) is 25.3. The molecule has 0 bridgehead atoms. The van der Waals surface area contributed by atoms with Crippen LogP contribution in [-0.2, 0) is 19.3 Å². The number of phenols is 4. The molecule has 0 aromatic heterocycles. The summed E-state index contributed by atoms with van der Waals surface area (Å²) in [5.74, 6) is 1.29. The van der Waals surface area contributed by atoms with Crippen molar-refractivity contribution in [1.82, 2.24) is 0 Å². The number of hydrogen-bond acceptors (Lipinski definition) is 4. The van der Waals surface area contributed by atoms with Gasteiger partial charge in [-0.3, -0.25) is 0 Å². The molecular formula is C36H42O4. The summed E-state index contributed by atoms with van der Waals surface area (Å²) in [6, 6.07) is 10.1. The molecule has 4 nitrogen and oxygen atoms in total. The van der Waals surface area contributed by atoms with Gasteiger partial charge in [-0.05, 0) is 141 Å². The molecule has 0 amide bonds. The molecule has 4 aromatic carbocycles. The summed E-state index contributed by atoms with van der Waals surface area (Å²) >= 11 is 0. The van der Waals surface area contributed by atoms with Crippen LogP contribution < -0.4 is 0 Å². The molecule has 0 atom stereocenters. The Hall–Kier alpha value is -3.92. The molecular weight excluding hydrogens is 496 g/mol. The molecule has 0 aliphatic heterocycles. The molecule has 4 N–H and O–H groups in total. The molecule has 0 saturated carbocycles. The standard InChI is InChI=1S/C36H42O4/c1-18-10-27(11-19(2)33(18)37)15-31-25(8)28(13-21(4)35(31)39)16-29-14-22(5)36(40)32(26(29)9)17-30-12-20(3)34(38)24(7)23(30)6/h10-14,37-40H,15-17H2,1-9H3. The smallest absolute Gasteiger partial charge is 0.122 e. The van der Waals surface area contributed by atoms with E-state index in [0.29, 0.717) is 42.3 Å². The van der Waals surface area contributed by atoms with Crippen molar-refractivity contribution < 1.29 is 20.4 Å². The van der Waals surface area contributed by atoms with Crippen LogP contribution in [0.5, 0.6) is 23.0 Å². The Balaban J connectivity index is 1.76. The highest BCUT2D eigenvalue weighted by molar-refractivity contribution is 5.57. The van der Waals surface area contributed by atoms with Crippen molar-refractivity contribution in [2.45, 2.75) is 81.6 Å². The molecule has 0 aliphatic carbocycles. The third-order valence-corrected chi connectivity index (χ3v) is 8.81. The van der Waals surface area contributed by atoms with Crippen molar-refractivity contribution in [3.8, 4) is 23.0 Å². The Morgan fingerprint density at radius 1 is 0.375 bits per heavy atom. The third kappa shape index (κ3) is 5.28. The minimum Gasteiger partial charge on any atom is -0.507 e. The molecule has 210 valence electrons. The summed E-state index contributed by atoms with van der Waals surface area (Å²) in [4.78, 5) is 0. The van der Waals surface area contributed by atoms with Crippen LogP contribution in [0, 0.1) is 62.3 Å². The van der Waals surface area contributed by atoms with Gasteiger partial charge in [0.25, 0.3) is 0 Å². The van der Waals surface area contributed by atoms with Crippen LogP contribution in [0.3, 0.4) is 0 Å². The Morgan fingerprint density at radius 3 is 1.23 bits per heavy atom. The monoisotopic (exact) mass is 538 g/mol. The van der Waals surface area contributed by atoms with Crippen molar-refractivity contribution in [1.29, 1.82) is 0 Å². The van der Waals surface area contributed by atoms with Crippen LogP contribution in [0.15, 0.2) is 30.3 Å². The first-order valence-electron chi connectivity index (χ1n) is 13.9. The second-order valence-electron chi connectivity index (χ2n) is 11.7. The van der Waals surface area contributed by atoms with Crippen molar-refractivity contribution in [2.24, 2.45) is 0 Å². The average molecular weight is 539 g/mol. The zero-order chi connectivity index (χ0) is 29.6. The molecule has 0 unspecified atom stereocenters. The normalized spacial score (nSPS) is 11.3. The quantitative estimate of drug-likeness (QED) is 0.200. The molecule has 4 aromatic rings. The number of aryl methyl sites for hydroxylation is 5. The van der Waals surface area contributed by atoms with Gasteiger partial charge in [-0.15, -0.1) is 0 Å². The van der Waals surface area contributed by atoms with Gasteiger partial charge in [0.2, 0.25) is 0 Å². The van der Waals surface area contributed by atoms with Crippen molar-refractivity contribution in [2.75, 3.05) is 0 Å². The van der Waals surface area contributed by atoms with Crippen molar-refractivity contribution >= 4 is 0 Å². The summed E-state index contributed by atoms with van der Waals surface area (Å²) in [6.45, 7) is 17.7. The van der Waals surface area contributed by atoms with Crippen LogP contribution in [0.1, 0.15) is 83.5 Å². The van der Waals surface area contributed by atoms with Crippen LogP contribution in [0.25, 0.3) is 0 Å². The van der Waals surface area contributed by atoms with Crippen LogP contribution in [-0.4, -0.2) is 20.4 Å². The van der Waals surface area contributed by atoms with Gasteiger partial charge in [0.15, 0.2) is 0 Å². The fourth-order valence-corrected chi connectivity index (χ4v) is 5.98. The van der Waals surface area contributed by atoms with Crippen molar-refractivity contribution in [3.63, 3.8) is 0 Å². The van der Waals surface area contributed by atoms with Crippen LogP contribution in [0.2, 0.25) is 0 Å². The minimum absolute atomic E-state index is 0.316. The molecule has 4 rings (SSSR count). The Morgan fingerprint density at radius 2 is 0.750 bits per heavy atom. The topological polar surface area (TPSA) is 80.9 Å². The molecule has 0 saturated heterocycles. The molecule has 0 heterocycles. The highest BCUT2D eigenvalue weighted by Crippen LogP contribution is 2.37. The maximum absolute atomic E-state index is 11.1. The van der Waals surface area contributed by atoms with E-state index in [1.54, 1.807) is 0 Å². The molecule has 0 aliphatic rings. The first kappa shape index (κ1) is 29.1. The number of benzene rings is 4. The SMILES string of the molecule is Cc1cc(Cc2c(C)c(Cc3cc(C)c(O)c(Cc4cc(C)c(O)c(C)c4C)c3C)cc(C)c2O)cc(C)c1O. The van der Waals surface area contributed by atoms with Gasteiger partial charge < -0.3 is 20.4 Å². The predicted octanol–water partition coefficient (Wildman–Crippen LogP) is 8.06. The van der Waals surface area contributed by atoms with E-state index in [2.05, 4.69) is 26.0 Å².